The summed E-state index contributed by atoms with van der Waals surface area (Å²) >= 11 is 4.49. The van der Waals surface area contributed by atoms with Crippen LogP contribution in [0.15, 0.2) is 49.5 Å². The van der Waals surface area contributed by atoms with E-state index in [2.05, 4.69) is 20.9 Å². The van der Waals surface area contributed by atoms with E-state index >= 15 is 0 Å². The van der Waals surface area contributed by atoms with Crippen molar-refractivity contribution in [2.45, 2.75) is 36.9 Å². The highest BCUT2D eigenvalue weighted by Gasteiger charge is 2.34. The van der Waals surface area contributed by atoms with Crippen molar-refractivity contribution in [1.82, 2.24) is 8.87 Å². The van der Waals surface area contributed by atoms with Crippen LogP contribution in [-0.2, 0) is 10.0 Å². The molecule has 1 saturated heterocycles. The molecule has 1 fully saturated rings. The Kier molecular flexibility index (Phi) is 6.35. The molecule has 1 aliphatic heterocycles. The van der Waals surface area contributed by atoms with Gasteiger partial charge in [-0.05, 0) is 66.9 Å². The zero-order valence-electron chi connectivity index (χ0n) is 15.2. The Labute approximate surface area is 171 Å². The maximum atomic E-state index is 13.1. The first-order valence-electron chi connectivity index (χ1n) is 8.80. The molecule has 0 aromatic carbocycles. The number of aromatic nitrogens is 1. The van der Waals surface area contributed by atoms with E-state index in [0.717, 1.165) is 3.79 Å². The zero-order chi connectivity index (χ0) is 19.6. The summed E-state index contributed by atoms with van der Waals surface area (Å²) in [5.74, 6) is -0.493. The van der Waals surface area contributed by atoms with Gasteiger partial charge in [0.1, 0.15) is 9.70 Å². The van der Waals surface area contributed by atoms with E-state index in [0.29, 0.717) is 29.1 Å². The fourth-order valence-electron chi connectivity index (χ4n) is 3.11. The second-order valence-electron chi connectivity index (χ2n) is 6.75. The van der Waals surface area contributed by atoms with Crippen molar-refractivity contribution >= 4 is 43.2 Å². The van der Waals surface area contributed by atoms with Gasteiger partial charge in [0.25, 0.3) is 10.0 Å². The quantitative estimate of drug-likeness (QED) is 0.685. The van der Waals surface area contributed by atoms with Crippen molar-refractivity contribution < 1.29 is 13.2 Å². The molecule has 0 radical (unpaired) electrons. The minimum Gasteiger partial charge on any atom is -0.274 e. The first-order valence-corrected chi connectivity index (χ1v) is 11.8. The van der Waals surface area contributed by atoms with Crippen LogP contribution in [-0.4, -0.2) is 42.3 Å². The van der Waals surface area contributed by atoms with Crippen LogP contribution in [0.2, 0.25) is 0 Å². The Morgan fingerprint density at radius 1 is 1.30 bits per heavy atom. The summed E-state index contributed by atoms with van der Waals surface area (Å²) in [7, 11) is -3.58. The van der Waals surface area contributed by atoms with Gasteiger partial charge in [0.15, 0.2) is 0 Å². The van der Waals surface area contributed by atoms with Gasteiger partial charge >= 0.3 is 0 Å². The average Bonchev–Trinajstić information content (AvgIpc) is 3.08. The maximum Gasteiger partial charge on any atom is 0.252 e. The Hall–Kier alpha value is -1.29. The molecule has 0 saturated carbocycles. The molecule has 0 aliphatic carbocycles. The number of piperidine rings is 1. The van der Waals surface area contributed by atoms with Gasteiger partial charge in [-0.1, -0.05) is 6.07 Å². The molecule has 1 aliphatic rings. The van der Waals surface area contributed by atoms with Crippen molar-refractivity contribution in [2.24, 2.45) is 10.9 Å². The molecule has 9 heteroatoms. The second kappa shape index (κ2) is 8.38. The molecule has 2 aromatic heterocycles. The van der Waals surface area contributed by atoms with Gasteiger partial charge in [0.2, 0.25) is 5.91 Å². The standard InChI is InChI=1S/C18H22BrN3O3S2/c1-13(2)20-16-7-3-4-11-22(16)18(23)14-6-5-10-21(12-14)27(24,25)17-9-8-15(19)26-17/h3-4,7-9,11,13-14H,5-6,10,12H2,1-2H3. The van der Waals surface area contributed by atoms with Crippen LogP contribution in [0.1, 0.15) is 31.5 Å². The molecule has 1 unspecified atom stereocenters. The second-order valence-corrected chi connectivity index (χ2v) is 11.4. The number of hydrogen-bond donors (Lipinski definition) is 0. The summed E-state index contributed by atoms with van der Waals surface area (Å²) in [5, 5.41) is 0. The molecule has 0 spiro atoms. The number of nitrogens with zero attached hydrogens (tertiary/aromatic N) is 3. The molecule has 146 valence electrons. The Morgan fingerprint density at radius 2 is 2.07 bits per heavy atom. The monoisotopic (exact) mass is 471 g/mol. The lowest BCUT2D eigenvalue weighted by atomic mass is 9.98. The first-order chi connectivity index (χ1) is 12.8. The van der Waals surface area contributed by atoms with Gasteiger partial charge < -0.3 is 0 Å². The summed E-state index contributed by atoms with van der Waals surface area (Å²) in [5.41, 5.74) is 0.597. The number of halogens is 1. The van der Waals surface area contributed by atoms with Crippen molar-refractivity contribution in [2.75, 3.05) is 13.1 Å². The van der Waals surface area contributed by atoms with E-state index in [-0.39, 0.29) is 24.4 Å². The number of thiophene rings is 1. The topological polar surface area (TPSA) is 71.7 Å². The minimum atomic E-state index is -3.58. The predicted octanol–water partition coefficient (Wildman–Crippen LogP) is 3.36. The molecular weight excluding hydrogens is 450 g/mol. The molecule has 3 rings (SSSR count). The number of hydrogen-bond acceptors (Lipinski definition) is 5. The molecule has 0 amide bonds. The Bertz CT molecular complexity index is 995. The highest BCUT2D eigenvalue weighted by Crippen LogP contribution is 2.31. The van der Waals surface area contributed by atoms with Crippen LogP contribution in [0.5, 0.6) is 0 Å². The Balaban J connectivity index is 1.86. The summed E-state index contributed by atoms with van der Waals surface area (Å²) in [4.78, 5) is 17.6. The van der Waals surface area contributed by atoms with Gasteiger partial charge in [-0.2, -0.15) is 4.31 Å². The predicted molar refractivity (Wildman–Crippen MR) is 109 cm³/mol. The molecule has 0 N–H and O–H groups in total. The average molecular weight is 472 g/mol. The van der Waals surface area contributed by atoms with E-state index < -0.39 is 10.0 Å². The van der Waals surface area contributed by atoms with E-state index in [4.69, 9.17) is 0 Å². The summed E-state index contributed by atoms with van der Waals surface area (Å²) in [6.45, 7) is 4.54. The fourth-order valence-corrected chi connectivity index (χ4v) is 6.80. The van der Waals surface area contributed by atoms with Gasteiger partial charge in [-0.3, -0.25) is 14.4 Å². The number of carbonyl (C=O) groups is 1. The third kappa shape index (κ3) is 4.59. The van der Waals surface area contributed by atoms with E-state index in [1.54, 1.807) is 35.0 Å². The molecular formula is C18H22BrN3O3S2. The molecule has 3 heterocycles. The molecule has 1 atom stereocenters. The molecule has 2 aromatic rings. The van der Waals surface area contributed by atoms with E-state index in [1.807, 2.05) is 19.9 Å². The normalized spacial score (nSPS) is 19.6. The highest BCUT2D eigenvalue weighted by atomic mass is 79.9. The van der Waals surface area contributed by atoms with Crippen molar-refractivity contribution in [3.05, 3.63) is 45.8 Å². The fraction of sp³-hybridized carbons (Fsp3) is 0.444. The number of pyridine rings is 1. The van der Waals surface area contributed by atoms with Crippen molar-refractivity contribution in [3.8, 4) is 0 Å². The van der Waals surface area contributed by atoms with Crippen LogP contribution >= 0.6 is 27.3 Å². The number of sulfonamides is 1. The number of rotatable bonds is 4. The lowest BCUT2D eigenvalue weighted by Gasteiger charge is -2.31. The van der Waals surface area contributed by atoms with Crippen LogP contribution in [0.25, 0.3) is 0 Å². The van der Waals surface area contributed by atoms with Crippen molar-refractivity contribution in [1.29, 1.82) is 0 Å². The zero-order valence-corrected chi connectivity index (χ0v) is 18.4. The molecule has 6 nitrogen and oxygen atoms in total. The Morgan fingerprint density at radius 3 is 2.74 bits per heavy atom. The van der Waals surface area contributed by atoms with Crippen LogP contribution in [0.3, 0.4) is 0 Å². The first kappa shape index (κ1) is 20.4. The maximum absolute atomic E-state index is 13.1. The van der Waals surface area contributed by atoms with Crippen LogP contribution in [0.4, 0.5) is 0 Å². The smallest absolute Gasteiger partial charge is 0.252 e. The van der Waals surface area contributed by atoms with Crippen molar-refractivity contribution in [3.63, 3.8) is 0 Å². The van der Waals surface area contributed by atoms with Crippen LogP contribution in [0, 0.1) is 5.92 Å². The third-order valence-corrected chi connectivity index (χ3v) is 8.30. The van der Waals surface area contributed by atoms with E-state index in [1.165, 1.54) is 15.6 Å². The SMILES string of the molecule is CC(C)N=c1ccccn1C(=O)C1CCCN(S(=O)(=O)c2ccc(Br)s2)C1. The number of carbonyl (C=O) groups excluding carboxylic acids is 1. The third-order valence-electron chi connectivity index (χ3n) is 4.34. The largest absolute Gasteiger partial charge is 0.274 e. The van der Waals surface area contributed by atoms with Gasteiger partial charge in [0, 0.05) is 25.3 Å². The van der Waals surface area contributed by atoms with Gasteiger partial charge in [-0.25, -0.2) is 8.42 Å². The van der Waals surface area contributed by atoms with Gasteiger partial charge in [-0.15, -0.1) is 11.3 Å². The highest BCUT2D eigenvalue weighted by molar-refractivity contribution is 9.11. The lowest BCUT2D eigenvalue weighted by Crippen LogP contribution is -2.44. The lowest BCUT2D eigenvalue weighted by molar-refractivity contribution is 0.0778. The molecule has 27 heavy (non-hydrogen) atoms. The van der Waals surface area contributed by atoms with E-state index in [9.17, 15) is 13.2 Å². The minimum absolute atomic E-state index is 0.0620. The van der Waals surface area contributed by atoms with Crippen LogP contribution < -0.4 is 5.49 Å². The van der Waals surface area contributed by atoms with Gasteiger partial charge in [0.05, 0.1) is 9.70 Å². The summed E-state index contributed by atoms with van der Waals surface area (Å²) < 4.78 is 29.8. The molecule has 0 bridgehead atoms. The summed E-state index contributed by atoms with van der Waals surface area (Å²) in [6.07, 6.45) is 3.03. The summed E-state index contributed by atoms with van der Waals surface area (Å²) in [6, 6.07) is 8.82.